The van der Waals surface area contributed by atoms with Gasteiger partial charge in [0, 0.05) is 30.5 Å². The van der Waals surface area contributed by atoms with Gasteiger partial charge < -0.3 is 14.6 Å². The van der Waals surface area contributed by atoms with Crippen molar-refractivity contribution < 1.29 is 9.53 Å². The molecule has 5 nitrogen and oxygen atoms in total. The van der Waals surface area contributed by atoms with Crippen LogP contribution in [-0.2, 0) is 11.3 Å². The van der Waals surface area contributed by atoms with Crippen LogP contribution in [0.25, 0.3) is 11.1 Å². The maximum absolute atomic E-state index is 12.1. The maximum Gasteiger partial charge on any atom is 0.223 e. The van der Waals surface area contributed by atoms with E-state index in [0.717, 1.165) is 16.9 Å². The van der Waals surface area contributed by atoms with Crippen LogP contribution in [0.15, 0.2) is 73.3 Å². The summed E-state index contributed by atoms with van der Waals surface area (Å²) in [6, 6.07) is 18.0. The van der Waals surface area contributed by atoms with E-state index in [-0.39, 0.29) is 11.9 Å². The van der Waals surface area contributed by atoms with Gasteiger partial charge in [-0.1, -0.05) is 48.5 Å². The summed E-state index contributed by atoms with van der Waals surface area (Å²) in [4.78, 5) is 16.1. The number of rotatable bonds is 8. The molecule has 1 unspecified atom stereocenters. The van der Waals surface area contributed by atoms with E-state index in [9.17, 15) is 4.79 Å². The summed E-state index contributed by atoms with van der Waals surface area (Å²) >= 11 is 0. The van der Waals surface area contributed by atoms with Crippen molar-refractivity contribution in [3.8, 4) is 16.9 Å². The molecule has 0 bridgehead atoms. The van der Waals surface area contributed by atoms with Crippen molar-refractivity contribution in [2.45, 2.75) is 25.9 Å². The third-order valence-corrected chi connectivity index (χ3v) is 4.01. The van der Waals surface area contributed by atoms with Crippen molar-refractivity contribution in [2.24, 2.45) is 0 Å². The number of carbonyl (C=O) groups is 1. The van der Waals surface area contributed by atoms with Gasteiger partial charge in [0.25, 0.3) is 0 Å². The Hall–Kier alpha value is -3.08. The molecule has 5 heteroatoms. The molecule has 1 atom stereocenters. The predicted octanol–water partition coefficient (Wildman–Crippen LogP) is 3.52. The van der Waals surface area contributed by atoms with Crippen LogP contribution in [0.4, 0.5) is 0 Å². The van der Waals surface area contributed by atoms with Crippen molar-refractivity contribution in [2.75, 3.05) is 6.61 Å². The quantitative estimate of drug-likeness (QED) is 0.677. The van der Waals surface area contributed by atoms with Crippen LogP contribution >= 0.6 is 0 Å². The molecule has 0 saturated carbocycles. The van der Waals surface area contributed by atoms with Gasteiger partial charge in [-0.3, -0.25) is 4.79 Å². The maximum atomic E-state index is 12.1. The van der Waals surface area contributed by atoms with Crippen molar-refractivity contribution in [1.82, 2.24) is 14.9 Å². The van der Waals surface area contributed by atoms with Gasteiger partial charge in [0.1, 0.15) is 5.75 Å². The molecule has 0 saturated heterocycles. The van der Waals surface area contributed by atoms with Crippen LogP contribution in [0.2, 0.25) is 0 Å². The first-order chi connectivity index (χ1) is 12.7. The Morgan fingerprint density at radius 3 is 2.69 bits per heavy atom. The Balaban J connectivity index is 1.50. The van der Waals surface area contributed by atoms with Crippen LogP contribution < -0.4 is 10.1 Å². The second-order valence-electron chi connectivity index (χ2n) is 6.19. The Labute approximate surface area is 153 Å². The molecule has 0 aliphatic rings. The molecular formula is C21H23N3O2. The molecule has 0 radical (unpaired) electrons. The lowest BCUT2D eigenvalue weighted by Gasteiger charge is -2.15. The Morgan fingerprint density at radius 2 is 1.92 bits per heavy atom. The Bertz CT molecular complexity index is 816. The zero-order valence-corrected chi connectivity index (χ0v) is 14.8. The number of hydrogen-bond acceptors (Lipinski definition) is 3. The van der Waals surface area contributed by atoms with Crippen molar-refractivity contribution >= 4 is 5.91 Å². The molecule has 1 heterocycles. The van der Waals surface area contributed by atoms with Crippen LogP contribution in [0, 0.1) is 0 Å². The van der Waals surface area contributed by atoms with Crippen LogP contribution in [0.1, 0.15) is 13.3 Å². The molecule has 0 aliphatic carbocycles. The van der Waals surface area contributed by atoms with E-state index in [1.165, 1.54) is 0 Å². The molecule has 26 heavy (non-hydrogen) atoms. The minimum Gasteiger partial charge on any atom is -0.492 e. The number of nitrogens with one attached hydrogen (secondary N) is 1. The molecule has 0 aliphatic heterocycles. The number of ether oxygens (including phenoxy) is 1. The van der Waals surface area contributed by atoms with Gasteiger partial charge in [-0.15, -0.1) is 0 Å². The summed E-state index contributed by atoms with van der Waals surface area (Å²) in [6.07, 6.45) is 5.67. The topological polar surface area (TPSA) is 56.2 Å². The van der Waals surface area contributed by atoms with Crippen molar-refractivity contribution in [3.63, 3.8) is 0 Å². The first kappa shape index (κ1) is 17.7. The van der Waals surface area contributed by atoms with Gasteiger partial charge in [0.2, 0.25) is 5.91 Å². The fourth-order valence-corrected chi connectivity index (χ4v) is 2.81. The zero-order chi connectivity index (χ0) is 18.2. The van der Waals surface area contributed by atoms with Crippen LogP contribution in [0.5, 0.6) is 5.75 Å². The Morgan fingerprint density at radius 1 is 1.15 bits per heavy atom. The first-order valence-electron chi connectivity index (χ1n) is 8.75. The fraction of sp³-hybridized carbons (Fsp3) is 0.238. The van der Waals surface area contributed by atoms with E-state index < -0.39 is 0 Å². The van der Waals surface area contributed by atoms with Gasteiger partial charge >= 0.3 is 0 Å². The average Bonchev–Trinajstić information content (AvgIpc) is 3.15. The standard InChI is InChI=1S/C21H23N3O2/c1-17(15-24-13-12-22-16-24)23-21(25)11-14-26-20-10-6-5-9-19(20)18-7-3-2-4-8-18/h2-10,12-13,16-17H,11,14-15H2,1H3,(H,23,25). The number of imidazole rings is 1. The van der Waals surface area contributed by atoms with E-state index in [2.05, 4.69) is 10.3 Å². The van der Waals surface area contributed by atoms with Gasteiger partial charge in [-0.2, -0.15) is 0 Å². The van der Waals surface area contributed by atoms with Crippen LogP contribution in [0.3, 0.4) is 0 Å². The van der Waals surface area contributed by atoms with Gasteiger partial charge in [0.15, 0.2) is 0 Å². The lowest BCUT2D eigenvalue weighted by atomic mass is 10.1. The minimum absolute atomic E-state index is 0.0187. The summed E-state index contributed by atoms with van der Waals surface area (Å²) in [5.41, 5.74) is 2.13. The summed E-state index contributed by atoms with van der Waals surface area (Å²) in [5.74, 6) is 0.771. The van der Waals surface area contributed by atoms with Gasteiger partial charge in [-0.05, 0) is 18.6 Å². The largest absolute Gasteiger partial charge is 0.492 e. The number of para-hydroxylation sites is 1. The van der Waals surface area contributed by atoms with Crippen LogP contribution in [-0.4, -0.2) is 28.1 Å². The third-order valence-electron chi connectivity index (χ3n) is 4.01. The number of amides is 1. The minimum atomic E-state index is -0.0187. The van der Waals surface area contributed by atoms with E-state index in [1.54, 1.807) is 12.5 Å². The number of aromatic nitrogens is 2. The molecule has 0 fully saturated rings. The monoisotopic (exact) mass is 349 g/mol. The lowest BCUT2D eigenvalue weighted by Crippen LogP contribution is -2.36. The molecule has 0 spiro atoms. The highest BCUT2D eigenvalue weighted by molar-refractivity contribution is 5.76. The highest BCUT2D eigenvalue weighted by Crippen LogP contribution is 2.29. The molecule has 3 rings (SSSR count). The summed E-state index contributed by atoms with van der Waals surface area (Å²) < 4.78 is 7.82. The summed E-state index contributed by atoms with van der Waals surface area (Å²) in [5, 5.41) is 2.98. The smallest absolute Gasteiger partial charge is 0.223 e. The molecular weight excluding hydrogens is 326 g/mol. The highest BCUT2D eigenvalue weighted by atomic mass is 16.5. The zero-order valence-electron chi connectivity index (χ0n) is 14.8. The lowest BCUT2D eigenvalue weighted by molar-refractivity contribution is -0.122. The highest BCUT2D eigenvalue weighted by Gasteiger charge is 2.10. The molecule has 1 aromatic heterocycles. The second-order valence-corrected chi connectivity index (χ2v) is 6.19. The normalized spacial score (nSPS) is 11.7. The SMILES string of the molecule is CC(Cn1ccnc1)NC(=O)CCOc1ccccc1-c1ccccc1. The number of nitrogens with zero attached hydrogens (tertiary/aromatic N) is 2. The average molecular weight is 349 g/mol. The fourth-order valence-electron chi connectivity index (χ4n) is 2.81. The molecule has 1 N–H and O–H groups in total. The van der Waals surface area contributed by atoms with E-state index in [1.807, 2.05) is 72.3 Å². The number of hydrogen-bond donors (Lipinski definition) is 1. The molecule has 2 aromatic carbocycles. The first-order valence-corrected chi connectivity index (χ1v) is 8.75. The molecule has 3 aromatic rings. The van der Waals surface area contributed by atoms with Gasteiger partial charge in [-0.25, -0.2) is 4.98 Å². The second kappa shape index (κ2) is 8.85. The van der Waals surface area contributed by atoms with Crippen molar-refractivity contribution in [1.29, 1.82) is 0 Å². The number of carbonyl (C=O) groups excluding carboxylic acids is 1. The Kier molecular flexibility index (Phi) is 6.04. The van der Waals surface area contributed by atoms with Gasteiger partial charge in [0.05, 0.1) is 19.4 Å². The van der Waals surface area contributed by atoms with E-state index in [4.69, 9.17) is 4.74 Å². The van der Waals surface area contributed by atoms with E-state index in [0.29, 0.717) is 19.6 Å². The summed E-state index contributed by atoms with van der Waals surface area (Å²) in [6.45, 7) is 3.01. The van der Waals surface area contributed by atoms with Crippen molar-refractivity contribution in [3.05, 3.63) is 73.3 Å². The number of benzene rings is 2. The predicted molar refractivity (Wildman–Crippen MR) is 102 cm³/mol. The summed E-state index contributed by atoms with van der Waals surface area (Å²) in [7, 11) is 0. The molecule has 134 valence electrons. The third kappa shape index (κ3) is 4.96. The van der Waals surface area contributed by atoms with E-state index >= 15 is 0 Å². The molecule has 1 amide bonds.